The second-order valence-electron chi connectivity index (χ2n) is 6.22. The van der Waals surface area contributed by atoms with Crippen molar-refractivity contribution in [3.8, 4) is 11.5 Å². The van der Waals surface area contributed by atoms with Gasteiger partial charge in [0, 0.05) is 19.9 Å². The molecule has 1 aromatic carbocycles. The summed E-state index contributed by atoms with van der Waals surface area (Å²) in [5.74, 6) is 0.334. The van der Waals surface area contributed by atoms with Crippen LogP contribution in [0.4, 0.5) is 0 Å². The molecule has 0 radical (unpaired) electrons. The Bertz CT molecular complexity index is 578. The minimum Gasteiger partial charge on any atom is -0.504 e. The van der Waals surface area contributed by atoms with Crippen molar-refractivity contribution in [3.63, 3.8) is 0 Å². The maximum Gasteiger partial charge on any atom is 0.300 e. The lowest BCUT2D eigenvalue weighted by atomic mass is 10.1. The summed E-state index contributed by atoms with van der Waals surface area (Å²) < 4.78 is 5.04. The third-order valence-electron chi connectivity index (χ3n) is 3.28. The van der Waals surface area contributed by atoms with E-state index in [1.54, 1.807) is 18.2 Å². The quantitative estimate of drug-likeness (QED) is 0.456. The van der Waals surface area contributed by atoms with Gasteiger partial charge in [0.25, 0.3) is 5.97 Å². The number of phenols is 1. The number of benzene rings is 1. The first kappa shape index (κ1) is 23.5. The first-order valence-electron chi connectivity index (χ1n) is 8.75. The number of hydrogen-bond acceptors (Lipinski definition) is 4. The fraction of sp³-hybridized carbons (Fsp3) is 0.500. The number of hydrogen-bond donors (Lipinski definition) is 3. The molecule has 0 fully saturated rings. The summed E-state index contributed by atoms with van der Waals surface area (Å²) in [4.78, 5) is 20.8. The lowest BCUT2D eigenvalue weighted by Gasteiger charge is -2.08. The van der Waals surface area contributed by atoms with Gasteiger partial charge in [-0.2, -0.15) is 0 Å². The van der Waals surface area contributed by atoms with E-state index in [1.807, 2.05) is 0 Å². The SMILES string of the molecule is CC(=O)O.COc1cc(CNC(=O)CCCCC=CC(C)C)ccc1O. The molecule has 6 nitrogen and oxygen atoms in total. The number of carbonyl (C=O) groups excluding carboxylic acids is 1. The van der Waals surface area contributed by atoms with Gasteiger partial charge < -0.3 is 20.3 Å². The number of rotatable bonds is 9. The second kappa shape index (κ2) is 13.8. The van der Waals surface area contributed by atoms with E-state index in [9.17, 15) is 9.90 Å². The van der Waals surface area contributed by atoms with Crippen LogP contribution in [-0.4, -0.2) is 29.2 Å². The summed E-state index contributed by atoms with van der Waals surface area (Å²) in [5.41, 5.74) is 0.905. The van der Waals surface area contributed by atoms with Crippen LogP contribution in [-0.2, 0) is 16.1 Å². The molecule has 0 aliphatic carbocycles. The van der Waals surface area contributed by atoms with Crippen LogP contribution in [0, 0.1) is 5.92 Å². The van der Waals surface area contributed by atoms with Crippen molar-refractivity contribution in [2.45, 2.75) is 53.0 Å². The van der Waals surface area contributed by atoms with E-state index in [-0.39, 0.29) is 11.7 Å². The Hall–Kier alpha value is -2.50. The molecule has 0 spiro atoms. The van der Waals surface area contributed by atoms with E-state index in [0.717, 1.165) is 31.7 Å². The Morgan fingerprint density at radius 3 is 2.50 bits per heavy atom. The lowest BCUT2D eigenvalue weighted by Crippen LogP contribution is -2.22. The Labute approximate surface area is 155 Å². The van der Waals surface area contributed by atoms with E-state index in [0.29, 0.717) is 24.6 Å². The molecule has 0 atom stereocenters. The molecule has 0 bridgehead atoms. The number of amides is 1. The Morgan fingerprint density at radius 2 is 1.92 bits per heavy atom. The zero-order valence-electron chi connectivity index (χ0n) is 16.1. The summed E-state index contributed by atoms with van der Waals surface area (Å²) in [5, 5.41) is 19.8. The zero-order chi connectivity index (χ0) is 19.9. The molecule has 1 aromatic rings. The molecule has 1 rings (SSSR count). The van der Waals surface area contributed by atoms with Crippen molar-refractivity contribution < 1.29 is 24.5 Å². The van der Waals surface area contributed by atoms with Gasteiger partial charge in [0.2, 0.25) is 5.91 Å². The highest BCUT2D eigenvalue weighted by Crippen LogP contribution is 2.26. The number of phenolic OH excluding ortho intramolecular Hbond substituents is 1. The van der Waals surface area contributed by atoms with Crippen LogP contribution in [0.2, 0.25) is 0 Å². The van der Waals surface area contributed by atoms with Crippen LogP contribution in [0.3, 0.4) is 0 Å². The molecule has 0 heterocycles. The molecule has 0 saturated heterocycles. The van der Waals surface area contributed by atoms with Crippen molar-refractivity contribution in [1.82, 2.24) is 5.32 Å². The van der Waals surface area contributed by atoms with Crippen molar-refractivity contribution in [1.29, 1.82) is 0 Å². The number of aliphatic carboxylic acids is 1. The number of allylic oxidation sites excluding steroid dienone is 2. The van der Waals surface area contributed by atoms with E-state index < -0.39 is 5.97 Å². The van der Waals surface area contributed by atoms with Gasteiger partial charge in [-0.25, -0.2) is 0 Å². The molecule has 0 aromatic heterocycles. The van der Waals surface area contributed by atoms with Gasteiger partial charge in [0.15, 0.2) is 11.5 Å². The van der Waals surface area contributed by atoms with Crippen LogP contribution in [0.25, 0.3) is 0 Å². The molecule has 0 saturated carbocycles. The smallest absolute Gasteiger partial charge is 0.300 e. The third kappa shape index (κ3) is 12.9. The van der Waals surface area contributed by atoms with Gasteiger partial charge in [0.05, 0.1) is 7.11 Å². The second-order valence-corrected chi connectivity index (χ2v) is 6.22. The standard InChI is InChI=1S/C18H27NO3.C2H4O2/c1-14(2)8-6-4-5-7-9-18(21)19-13-15-10-11-16(20)17(12-15)22-3;1-2(3)4/h6,8,10-12,14,20H,4-5,7,9,13H2,1-3H3,(H,19,21);1H3,(H,3,4). The van der Waals surface area contributed by atoms with Crippen LogP contribution < -0.4 is 10.1 Å². The maximum atomic E-state index is 11.8. The van der Waals surface area contributed by atoms with Gasteiger partial charge in [-0.05, 0) is 42.9 Å². The molecule has 146 valence electrons. The molecule has 0 aliphatic rings. The molecule has 6 heteroatoms. The Morgan fingerprint density at radius 1 is 1.27 bits per heavy atom. The van der Waals surface area contributed by atoms with Crippen LogP contribution >= 0.6 is 0 Å². The lowest BCUT2D eigenvalue weighted by molar-refractivity contribution is -0.134. The normalized spacial score (nSPS) is 10.3. The predicted molar refractivity (Wildman–Crippen MR) is 102 cm³/mol. The highest BCUT2D eigenvalue weighted by atomic mass is 16.5. The maximum absolute atomic E-state index is 11.8. The number of carboxylic acid groups (broad SMARTS) is 1. The number of aromatic hydroxyl groups is 1. The minimum absolute atomic E-state index is 0.0554. The first-order valence-corrected chi connectivity index (χ1v) is 8.75. The minimum atomic E-state index is -0.833. The summed E-state index contributed by atoms with van der Waals surface area (Å²) in [6.07, 6.45) is 7.88. The molecular weight excluding hydrogens is 334 g/mol. The number of carbonyl (C=O) groups is 2. The largest absolute Gasteiger partial charge is 0.504 e. The predicted octanol–water partition coefficient (Wildman–Crippen LogP) is 3.88. The van der Waals surface area contributed by atoms with Crippen molar-refractivity contribution >= 4 is 11.9 Å². The average molecular weight is 365 g/mol. The monoisotopic (exact) mass is 365 g/mol. The molecule has 0 unspecified atom stereocenters. The average Bonchev–Trinajstić information content (AvgIpc) is 2.56. The zero-order valence-corrected chi connectivity index (χ0v) is 16.1. The highest BCUT2D eigenvalue weighted by Gasteiger charge is 2.04. The Balaban J connectivity index is 0.00000141. The third-order valence-corrected chi connectivity index (χ3v) is 3.28. The van der Waals surface area contributed by atoms with E-state index in [1.165, 1.54) is 7.11 Å². The van der Waals surface area contributed by atoms with Crippen LogP contribution in [0.5, 0.6) is 11.5 Å². The van der Waals surface area contributed by atoms with Gasteiger partial charge in [0.1, 0.15) is 0 Å². The van der Waals surface area contributed by atoms with E-state index >= 15 is 0 Å². The number of ether oxygens (including phenoxy) is 1. The van der Waals surface area contributed by atoms with Gasteiger partial charge >= 0.3 is 0 Å². The summed E-state index contributed by atoms with van der Waals surface area (Å²) in [6, 6.07) is 5.07. The summed E-state index contributed by atoms with van der Waals surface area (Å²) in [7, 11) is 1.51. The number of carboxylic acids is 1. The summed E-state index contributed by atoms with van der Waals surface area (Å²) >= 11 is 0. The highest BCUT2D eigenvalue weighted by molar-refractivity contribution is 5.75. The molecule has 0 aliphatic heterocycles. The van der Waals surface area contributed by atoms with Crippen molar-refractivity contribution in [2.75, 3.05) is 7.11 Å². The van der Waals surface area contributed by atoms with Gasteiger partial charge in [-0.3, -0.25) is 9.59 Å². The van der Waals surface area contributed by atoms with Crippen LogP contribution in [0.15, 0.2) is 30.4 Å². The summed E-state index contributed by atoms with van der Waals surface area (Å²) in [6.45, 7) is 5.84. The molecule has 3 N–H and O–H groups in total. The topological polar surface area (TPSA) is 95.9 Å². The number of unbranched alkanes of at least 4 members (excludes halogenated alkanes) is 2. The van der Waals surface area contributed by atoms with Crippen LogP contribution in [0.1, 0.15) is 52.0 Å². The number of nitrogens with one attached hydrogen (secondary N) is 1. The molecule has 26 heavy (non-hydrogen) atoms. The van der Waals surface area contributed by atoms with E-state index in [4.69, 9.17) is 14.6 Å². The number of methoxy groups -OCH3 is 1. The fourth-order valence-corrected chi connectivity index (χ4v) is 2.04. The van der Waals surface area contributed by atoms with Gasteiger partial charge in [-0.15, -0.1) is 0 Å². The Kier molecular flexibility index (Phi) is 12.4. The molecular formula is C20H31NO5. The van der Waals surface area contributed by atoms with Crippen molar-refractivity contribution in [3.05, 3.63) is 35.9 Å². The van der Waals surface area contributed by atoms with Gasteiger partial charge in [-0.1, -0.05) is 32.1 Å². The first-order chi connectivity index (χ1) is 12.3. The van der Waals surface area contributed by atoms with Crippen molar-refractivity contribution in [2.24, 2.45) is 5.92 Å². The molecule has 1 amide bonds. The van der Waals surface area contributed by atoms with E-state index in [2.05, 4.69) is 31.3 Å². The fourth-order valence-electron chi connectivity index (χ4n) is 2.04.